The van der Waals surface area contributed by atoms with Crippen LogP contribution in [0.4, 0.5) is 34.1 Å². The zero-order chi connectivity index (χ0) is 36.5. The van der Waals surface area contributed by atoms with E-state index in [1.54, 1.807) is 0 Å². The maximum absolute atomic E-state index is 2.40. The molecule has 54 heavy (non-hydrogen) atoms. The maximum atomic E-state index is 2.40. The Labute approximate surface area is 317 Å². The summed E-state index contributed by atoms with van der Waals surface area (Å²) in [6.45, 7) is 4.63. The number of benzene rings is 8. The molecule has 0 bridgehead atoms. The van der Waals surface area contributed by atoms with Gasteiger partial charge >= 0.3 is 0 Å². The van der Waals surface area contributed by atoms with E-state index in [9.17, 15) is 0 Å². The van der Waals surface area contributed by atoms with Gasteiger partial charge in [-0.2, -0.15) is 0 Å². The van der Waals surface area contributed by atoms with Gasteiger partial charge < -0.3 is 14.4 Å². The standard InChI is InChI=1S/C51H41N3/c1-51(2,38-30-34-44(35-31-38)52(40-18-7-3-8-19-40)41-20-9-4-10-21-41)39-32-36-45(37-33-39)53(42-22-11-5-12-23-42)48-28-17-29-49-50(48)46-26-15-16-27-47(46)54(49)43-24-13-6-14-25-43/h3-37H,1-2H3. The first-order chi connectivity index (χ1) is 26.6. The second kappa shape index (κ2) is 13.9. The number of hydrogen-bond acceptors (Lipinski definition) is 2. The van der Waals surface area contributed by atoms with Crippen LogP contribution in [0, 0.1) is 0 Å². The number of fused-ring (bicyclic) bond motifs is 3. The Balaban J connectivity index is 1.10. The maximum Gasteiger partial charge on any atom is 0.0562 e. The smallest absolute Gasteiger partial charge is 0.0562 e. The van der Waals surface area contributed by atoms with E-state index in [0.29, 0.717) is 0 Å². The van der Waals surface area contributed by atoms with Crippen LogP contribution in [-0.4, -0.2) is 4.57 Å². The summed E-state index contributed by atoms with van der Waals surface area (Å²) in [6.07, 6.45) is 0. The third-order valence-electron chi connectivity index (χ3n) is 10.7. The summed E-state index contributed by atoms with van der Waals surface area (Å²) in [4.78, 5) is 4.71. The lowest BCUT2D eigenvalue weighted by atomic mass is 9.78. The van der Waals surface area contributed by atoms with Gasteiger partial charge in [0, 0.05) is 50.3 Å². The Morgan fingerprint density at radius 2 is 0.759 bits per heavy atom. The lowest BCUT2D eigenvalue weighted by Crippen LogP contribution is -2.19. The van der Waals surface area contributed by atoms with Gasteiger partial charge in [0.1, 0.15) is 0 Å². The van der Waals surface area contributed by atoms with E-state index in [-0.39, 0.29) is 5.41 Å². The van der Waals surface area contributed by atoms with E-state index in [0.717, 1.165) is 39.8 Å². The average Bonchev–Trinajstić information content (AvgIpc) is 3.58. The summed E-state index contributed by atoms with van der Waals surface area (Å²) in [5.74, 6) is 0. The second-order valence-electron chi connectivity index (χ2n) is 14.3. The first-order valence-corrected chi connectivity index (χ1v) is 18.6. The van der Waals surface area contributed by atoms with Crippen molar-refractivity contribution in [1.82, 2.24) is 4.57 Å². The van der Waals surface area contributed by atoms with Crippen molar-refractivity contribution in [2.24, 2.45) is 0 Å². The van der Waals surface area contributed by atoms with Gasteiger partial charge in [-0.15, -0.1) is 0 Å². The van der Waals surface area contributed by atoms with Crippen molar-refractivity contribution < 1.29 is 0 Å². The molecule has 260 valence electrons. The van der Waals surface area contributed by atoms with Crippen molar-refractivity contribution in [1.29, 1.82) is 0 Å². The predicted octanol–water partition coefficient (Wildman–Crippen LogP) is 14.0. The Bertz CT molecular complexity index is 2610. The minimum Gasteiger partial charge on any atom is -0.311 e. The van der Waals surface area contributed by atoms with Crippen LogP contribution >= 0.6 is 0 Å². The highest BCUT2D eigenvalue weighted by Gasteiger charge is 2.25. The molecule has 0 N–H and O–H groups in total. The normalized spacial score (nSPS) is 11.5. The molecular weight excluding hydrogens is 655 g/mol. The lowest BCUT2D eigenvalue weighted by molar-refractivity contribution is 0.641. The highest BCUT2D eigenvalue weighted by Crippen LogP contribution is 2.44. The van der Waals surface area contributed by atoms with Gasteiger partial charge in [-0.3, -0.25) is 0 Å². The first-order valence-electron chi connectivity index (χ1n) is 18.6. The zero-order valence-electron chi connectivity index (χ0n) is 30.5. The van der Waals surface area contributed by atoms with Crippen LogP contribution in [0.1, 0.15) is 25.0 Å². The van der Waals surface area contributed by atoms with E-state index >= 15 is 0 Å². The van der Waals surface area contributed by atoms with E-state index in [4.69, 9.17) is 0 Å². The van der Waals surface area contributed by atoms with Gasteiger partial charge in [0.15, 0.2) is 0 Å². The molecule has 8 aromatic carbocycles. The van der Waals surface area contributed by atoms with Crippen molar-refractivity contribution in [2.75, 3.05) is 9.80 Å². The topological polar surface area (TPSA) is 11.4 Å². The van der Waals surface area contributed by atoms with Gasteiger partial charge in [0.2, 0.25) is 0 Å². The van der Waals surface area contributed by atoms with Crippen molar-refractivity contribution in [3.8, 4) is 5.69 Å². The number of hydrogen-bond donors (Lipinski definition) is 0. The summed E-state index contributed by atoms with van der Waals surface area (Å²) >= 11 is 0. The van der Waals surface area contributed by atoms with Crippen LogP contribution < -0.4 is 9.80 Å². The highest BCUT2D eigenvalue weighted by molar-refractivity contribution is 6.16. The number of para-hydroxylation sites is 5. The Hall–Kier alpha value is -6.84. The van der Waals surface area contributed by atoms with Crippen LogP contribution in [0.3, 0.4) is 0 Å². The third-order valence-corrected chi connectivity index (χ3v) is 10.7. The molecule has 0 atom stereocenters. The molecule has 0 aliphatic heterocycles. The molecule has 0 aliphatic rings. The van der Waals surface area contributed by atoms with Crippen LogP contribution in [0.2, 0.25) is 0 Å². The minimum absolute atomic E-state index is 0.220. The fraction of sp³-hybridized carbons (Fsp3) is 0.0588. The molecule has 9 rings (SSSR count). The summed E-state index contributed by atoms with van der Waals surface area (Å²) in [5.41, 5.74) is 12.6. The van der Waals surface area contributed by atoms with E-state index < -0.39 is 0 Å². The molecule has 3 heteroatoms. The van der Waals surface area contributed by atoms with Crippen LogP contribution in [-0.2, 0) is 5.41 Å². The molecular formula is C51H41N3. The Morgan fingerprint density at radius 3 is 1.30 bits per heavy atom. The number of anilines is 6. The average molecular weight is 696 g/mol. The molecule has 0 spiro atoms. The first kappa shape index (κ1) is 33.0. The molecule has 0 amide bonds. The monoisotopic (exact) mass is 695 g/mol. The number of nitrogens with zero attached hydrogens (tertiary/aromatic N) is 3. The Kier molecular flexibility index (Phi) is 8.53. The minimum atomic E-state index is -0.220. The quantitative estimate of drug-likeness (QED) is 0.149. The van der Waals surface area contributed by atoms with Crippen molar-refractivity contribution in [3.05, 3.63) is 223 Å². The van der Waals surface area contributed by atoms with Crippen LogP contribution in [0.15, 0.2) is 212 Å². The van der Waals surface area contributed by atoms with Gasteiger partial charge in [-0.25, -0.2) is 0 Å². The fourth-order valence-electron chi connectivity index (χ4n) is 7.87. The van der Waals surface area contributed by atoms with Crippen molar-refractivity contribution >= 4 is 55.9 Å². The SMILES string of the molecule is CC(C)(c1ccc(N(c2ccccc2)c2ccccc2)cc1)c1ccc(N(c2ccccc2)c2cccc3c2c2ccccc2n3-c2ccccc2)cc1. The van der Waals surface area contributed by atoms with E-state index in [2.05, 4.69) is 241 Å². The fourth-order valence-corrected chi connectivity index (χ4v) is 7.87. The molecule has 9 aromatic rings. The predicted molar refractivity (Wildman–Crippen MR) is 229 cm³/mol. The van der Waals surface area contributed by atoms with Crippen molar-refractivity contribution in [3.63, 3.8) is 0 Å². The van der Waals surface area contributed by atoms with Crippen LogP contribution in [0.25, 0.3) is 27.5 Å². The summed E-state index contributed by atoms with van der Waals surface area (Å²) in [7, 11) is 0. The molecule has 0 aliphatic carbocycles. The highest BCUT2D eigenvalue weighted by atomic mass is 15.2. The van der Waals surface area contributed by atoms with E-state index in [1.165, 1.54) is 32.9 Å². The number of rotatable bonds is 9. The number of aromatic nitrogens is 1. The summed E-state index contributed by atoms with van der Waals surface area (Å²) in [6, 6.07) is 76.1. The molecule has 3 nitrogen and oxygen atoms in total. The third kappa shape index (κ3) is 5.90. The molecule has 0 fully saturated rings. The summed E-state index contributed by atoms with van der Waals surface area (Å²) < 4.78 is 2.38. The molecule has 0 saturated carbocycles. The van der Waals surface area contributed by atoms with Gasteiger partial charge in [-0.05, 0) is 102 Å². The molecule has 0 radical (unpaired) electrons. The molecule has 1 aromatic heterocycles. The second-order valence-corrected chi connectivity index (χ2v) is 14.3. The zero-order valence-corrected chi connectivity index (χ0v) is 30.5. The Morgan fingerprint density at radius 1 is 0.352 bits per heavy atom. The molecule has 1 heterocycles. The largest absolute Gasteiger partial charge is 0.311 e. The van der Waals surface area contributed by atoms with Crippen molar-refractivity contribution in [2.45, 2.75) is 19.3 Å². The van der Waals surface area contributed by atoms with Gasteiger partial charge in [0.05, 0.1) is 16.7 Å². The molecule has 0 saturated heterocycles. The molecule has 0 unspecified atom stereocenters. The van der Waals surface area contributed by atoms with Crippen LogP contribution in [0.5, 0.6) is 0 Å². The van der Waals surface area contributed by atoms with Gasteiger partial charge in [0.25, 0.3) is 0 Å². The van der Waals surface area contributed by atoms with Gasteiger partial charge in [-0.1, -0.05) is 135 Å². The van der Waals surface area contributed by atoms with E-state index in [1.807, 2.05) is 0 Å². The summed E-state index contributed by atoms with van der Waals surface area (Å²) in [5, 5.41) is 2.46. The lowest BCUT2D eigenvalue weighted by Gasteiger charge is -2.30.